The normalized spacial score (nSPS) is 11.8. The summed E-state index contributed by atoms with van der Waals surface area (Å²) in [5.41, 5.74) is -0.926. The zero-order valence-electron chi connectivity index (χ0n) is 11.8. The highest BCUT2D eigenvalue weighted by molar-refractivity contribution is 6.32. The van der Waals surface area contributed by atoms with Gasteiger partial charge in [-0.25, -0.2) is 4.39 Å². The van der Waals surface area contributed by atoms with E-state index in [4.69, 9.17) is 16.3 Å². The van der Waals surface area contributed by atoms with Crippen LogP contribution in [0.1, 0.15) is 17.0 Å². The van der Waals surface area contributed by atoms with E-state index in [0.29, 0.717) is 0 Å². The van der Waals surface area contributed by atoms with Gasteiger partial charge in [-0.05, 0) is 12.1 Å². The number of aliphatic carboxylic acids is 1. The molecule has 0 fully saturated rings. The molecule has 0 aromatic heterocycles. The standard InChI is InChI=1S/C15H11ClFNO5/c1-23-13-7-12(18(21)22)9(6-10(13)16)14(15(19)20)8-4-2-3-5-11(8)17/h2-7,14H,1H3,(H,19,20). The number of nitro benzene ring substituents is 1. The maximum Gasteiger partial charge on any atom is 0.315 e. The van der Waals surface area contributed by atoms with Gasteiger partial charge in [-0.1, -0.05) is 29.8 Å². The van der Waals surface area contributed by atoms with Crippen LogP contribution >= 0.6 is 11.6 Å². The molecule has 120 valence electrons. The average Bonchev–Trinajstić information content (AvgIpc) is 2.49. The number of hydrogen-bond acceptors (Lipinski definition) is 4. The summed E-state index contributed by atoms with van der Waals surface area (Å²) >= 11 is 5.95. The molecular weight excluding hydrogens is 329 g/mol. The number of nitrogens with zero attached hydrogens (tertiary/aromatic N) is 1. The Bertz CT molecular complexity index is 780. The van der Waals surface area contributed by atoms with Gasteiger partial charge in [-0.3, -0.25) is 14.9 Å². The minimum atomic E-state index is -1.57. The molecule has 23 heavy (non-hydrogen) atoms. The molecule has 0 bridgehead atoms. The van der Waals surface area contributed by atoms with E-state index in [1.54, 1.807) is 0 Å². The molecule has 0 saturated carbocycles. The van der Waals surface area contributed by atoms with Crippen LogP contribution in [0.5, 0.6) is 5.75 Å². The van der Waals surface area contributed by atoms with E-state index < -0.39 is 28.3 Å². The highest BCUT2D eigenvalue weighted by Gasteiger charge is 2.32. The molecule has 2 rings (SSSR count). The predicted octanol–water partition coefficient (Wildman–Crippen LogP) is 3.61. The predicted molar refractivity (Wildman–Crippen MR) is 80.5 cm³/mol. The van der Waals surface area contributed by atoms with E-state index in [-0.39, 0.29) is 21.9 Å². The van der Waals surface area contributed by atoms with Crippen LogP contribution in [0, 0.1) is 15.9 Å². The lowest BCUT2D eigenvalue weighted by Gasteiger charge is -2.15. The second-order valence-electron chi connectivity index (χ2n) is 4.60. The molecule has 0 saturated heterocycles. The minimum absolute atomic E-state index is 0.00399. The van der Waals surface area contributed by atoms with Crippen molar-refractivity contribution in [2.45, 2.75) is 5.92 Å². The molecule has 0 aliphatic carbocycles. The Kier molecular flexibility index (Phi) is 4.80. The first-order valence-corrected chi connectivity index (χ1v) is 6.73. The summed E-state index contributed by atoms with van der Waals surface area (Å²) in [5.74, 6) is -3.75. The lowest BCUT2D eigenvalue weighted by molar-refractivity contribution is -0.385. The van der Waals surface area contributed by atoms with Crippen LogP contribution in [0.4, 0.5) is 10.1 Å². The third kappa shape index (κ3) is 3.24. The fourth-order valence-electron chi connectivity index (χ4n) is 2.25. The summed E-state index contributed by atoms with van der Waals surface area (Å²) in [7, 11) is 1.27. The van der Waals surface area contributed by atoms with Crippen LogP contribution in [0.2, 0.25) is 5.02 Å². The summed E-state index contributed by atoms with van der Waals surface area (Å²) in [6.07, 6.45) is 0. The van der Waals surface area contributed by atoms with Crippen LogP contribution in [-0.4, -0.2) is 23.1 Å². The largest absolute Gasteiger partial charge is 0.495 e. The Morgan fingerprint density at radius 2 is 2.00 bits per heavy atom. The fourth-order valence-corrected chi connectivity index (χ4v) is 2.50. The van der Waals surface area contributed by atoms with Crippen LogP contribution < -0.4 is 4.74 Å². The first-order valence-electron chi connectivity index (χ1n) is 6.35. The molecule has 1 unspecified atom stereocenters. The summed E-state index contributed by atoms with van der Waals surface area (Å²) in [4.78, 5) is 22.1. The molecule has 0 aliphatic rings. The van der Waals surface area contributed by atoms with Gasteiger partial charge in [0, 0.05) is 5.56 Å². The van der Waals surface area contributed by atoms with Crippen molar-refractivity contribution in [1.29, 1.82) is 0 Å². The summed E-state index contributed by atoms with van der Waals surface area (Å²) < 4.78 is 18.9. The number of rotatable bonds is 5. The Labute approximate surface area is 135 Å². The average molecular weight is 340 g/mol. The molecule has 8 heteroatoms. The van der Waals surface area contributed by atoms with Gasteiger partial charge in [0.1, 0.15) is 17.5 Å². The lowest BCUT2D eigenvalue weighted by atomic mass is 9.89. The molecule has 0 amide bonds. The van der Waals surface area contributed by atoms with Gasteiger partial charge < -0.3 is 9.84 Å². The second-order valence-corrected chi connectivity index (χ2v) is 5.00. The van der Waals surface area contributed by atoms with Gasteiger partial charge in [0.2, 0.25) is 0 Å². The number of hydrogen-bond donors (Lipinski definition) is 1. The highest BCUT2D eigenvalue weighted by atomic mass is 35.5. The lowest BCUT2D eigenvalue weighted by Crippen LogP contribution is -2.16. The number of carbonyl (C=O) groups is 1. The first kappa shape index (κ1) is 16.7. The van der Waals surface area contributed by atoms with Crippen molar-refractivity contribution in [2.75, 3.05) is 7.11 Å². The molecule has 0 spiro atoms. The number of halogens is 2. The van der Waals surface area contributed by atoms with Crippen molar-refractivity contribution in [2.24, 2.45) is 0 Å². The molecule has 2 aromatic carbocycles. The Morgan fingerprint density at radius 3 is 2.52 bits per heavy atom. The molecule has 1 N–H and O–H groups in total. The van der Waals surface area contributed by atoms with Crippen LogP contribution in [0.3, 0.4) is 0 Å². The third-order valence-corrected chi connectivity index (χ3v) is 3.57. The number of ether oxygens (including phenoxy) is 1. The molecule has 0 heterocycles. The van der Waals surface area contributed by atoms with Gasteiger partial charge in [-0.2, -0.15) is 0 Å². The Morgan fingerprint density at radius 1 is 1.35 bits per heavy atom. The quantitative estimate of drug-likeness (QED) is 0.663. The molecule has 2 aromatic rings. The monoisotopic (exact) mass is 339 g/mol. The van der Waals surface area contributed by atoms with Gasteiger partial charge in [0.15, 0.2) is 0 Å². The smallest absolute Gasteiger partial charge is 0.315 e. The van der Waals surface area contributed by atoms with E-state index in [1.165, 1.54) is 25.3 Å². The zero-order chi connectivity index (χ0) is 17.1. The summed E-state index contributed by atoms with van der Waals surface area (Å²) in [5, 5.41) is 20.7. The van der Waals surface area contributed by atoms with Crippen LogP contribution in [-0.2, 0) is 4.79 Å². The van der Waals surface area contributed by atoms with Crippen molar-refractivity contribution in [3.05, 3.63) is 68.5 Å². The fraction of sp³-hybridized carbons (Fsp3) is 0.133. The number of carboxylic acid groups (broad SMARTS) is 1. The van der Waals surface area contributed by atoms with E-state index in [2.05, 4.69) is 0 Å². The first-order chi connectivity index (χ1) is 10.9. The third-order valence-electron chi connectivity index (χ3n) is 3.27. The van der Waals surface area contributed by atoms with Gasteiger partial charge in [-0.15, -0.1) is 0 Å². The van der Waals surface area contributed by atoms with E-state index in [0.717, 1.165) is 18.2 Å². The summed E-state index contributed by atoms with van der Waals surface area (Å²) in [6, 6.07) is 7.33. The molecule has 1 atom stereocenters. The molecular formula is C15H11ClFNO5. The van der Waals surface area contributed by atoms with E-state index in [1.807, 2.05) is 0 Å². The number of nitro groups is 1. The maximum absolute atomic E-state index is 14.0. The van der Waals surface area contributed by atoms with Gasteiger partial charge in [0.05, 0.1) is 28.7 Å². The van der Waals surface area contributed by atoms with Crippen molar-refractivity contribution in [3.8, 4) is 5.75 Å². The minimum Gasteiger partial charge on any atom is -0.495 e. The van der Waals surface area contributed by atoms with Crippen LogP contribution in [0.25, 0.3) is 0 Å². The van der Waals surface area contributed by atoms with Crippen molar-refractivity contribution in [1.82, 2.24) is 0 Å². The highest BCUT2D eigenvalue weighted by Crippen LogP contribution is 2.39. The SMILES string of the molecule is COc1cc([N+](=O)[O-])c(C(C(=O)O)c2ccccc2F)cc1Cl. The zero-order valence-corrected chi connectivity index (χ0v) is 12.6. The number of carboxylic acids is 1. The Balaban J connectivity index is 2.74. The summed E-state index contributed by atoms with van der Waals surface area (Å²) in [6.45, 7) is 0. The van der Waals surface area contributed by atoms with Crippen LogP contribution in [0.15, 0.2) is 36.4 Å². The Hall–Kier alpha value is -2.67. The number of methoxy groups -OCH3 is 1. The van der Waals surface area contributed by atoms with Gasteiger partial charge >= 0.3 is 5.97 Å². The van der Waals surface area contributed by atoms with Gasteiger partial charge in [0.25, 0.3) is 5.69 Å². The van der Waals surface area contributed by atoms with Crippen molar-refractivity contribution in [3.63, 3.8) is 0 Å². The van der Waals surface area contributed by atoms with Crippen molar-refractivity contribution >= 4 is 23.3 Å². The maximum atomic E-state index is 14.0. The van der Waals surface area contributed by atoms with E-state index >= 15 is 0 Å². The second kappa shape index (κ2) is 6.62. The molecule has 0 aliphatic heterocycles. The molecule has 6 nitrogen and oxygen atoms in total. The van der Waals surface area contributed by atoms with Crippen molar-refractivity contribution < 1.29 is 24.0 Å². The topological polar surface area (TPSA) is 89.7 Å². The number of benzene rings is 2. The molecule has 0 radical (unpaired) electrons. The van der Waals surface area contributed by atoms with E-state index in [9.17, 15) is 24.4 Å².